The molecular weight excluding hydrogens is 383 g/mol. The zero-order valence-corrected chi connectivity index (χ0v) is 16.8. The Bertz CT molecular complexity index is 761. The summed E-state index contributed by atoms with van der Waals surface area (Å²) >= 11 is 12.4. The molecule has 2 aromatic carbocycles. The summed E-state index contributed by atoms with van der Waals surface area (Å²) in [5, 5.41) is 4.27. The summed E-state index contributed by atoms with van der Waals surface area (Å²) in [4.78, 5) is 13.9. The molecule has 1 fully saturated rings. The fourth-order valence-corrected chi connectivity index (χ4v) is 3.38. The minimum absolute atomic E-state index is 0.0240. The van der Waals surface area contributed by atoms with E-state index in [4.69, 9.17) is 27.9 Å². The van der Waals surface area contributed by atoms with E-state index >= 15 is 0 Å². The quantitative estimate of drug-likeness (QED) is 0.634. The van der Waals surface area contributed by atoms with Gasteiger partial charge in [-0.3, -0.25) is 0 Å². The number of benzene rings is 2. The number of carbonyl (C=O) groups is 1. The van der Waals surface area contributed by atoms with Gasteiger partial charge in [-0.25, -0.2) is 4.79 Å². The monoisotopic (exact) mass is 406 g/mol. The lowest BCUT2D eigenvalue weighted by Gasteiger charge is -2.40. The van der Waals surface area contributed by atoms with Gasteiger partial charge in [0.15, 0.2) is 0 Å². The zero-order chi connectivity index (χ0) is 19.2. The topological polar surface area (TPSA) is 41.6 Å². The summed E-state index contributed by atoms with van der Waals surface area (Å²) in [5.74, 6) is 0. The van der Waals surface area contributed by atoms with Crippen molar-refractivity contribution in [1.29, 1.82) is 0 Å². The molecule has 2 amide bonds. The number of halogens is 2. The molecule has 1 N–H and O–H groups in total. The molecule has 3 rings (SSSR count). The Morgan fingerprint density at radius 2 is 1.89 bits per heavy atom. The Morgan fingerprint density at radius 3 is 2.56 bits per heavy atom. The summed E-state index contributed by atoms with van der Waals surface area (Å²) in [6.07, 6.45) is 1.72. The van der Waals surface area contributed by atoms with Gasteiger partial charge in [-0.1, -0.05) is 66.9 Å². The van der Waals surface area contributed by atoms with Crippen LogP contribution in [0.2, 0.25) is 10.0 Å². The van der Waals surface area contributed by atoms with Crippen LogP contribution in [0, 0.1) is 0 Å². The first-order valence-electron chi connectivity index (χ1n) is 9.26. The van der Waals surface area contributed by atoms with Crippen molar-refractivity contribution in [2.75, 3.05) is 19.6 Å². The van der Waals surface area contributed by atoms with Crippen LogP contribution in [-0.2, 0) is 4.74 Å². The number of unbranched alkanes of at least 4 members (excludes halogenated alkanes) is 1. The van der Waals surface area contributed by atoms with E-state index in [0.717, 1.165) is 24.0 Å². The second kappa shape index (κ2) is 9.45. The number of hydrogen-bond acceptors (Lipinski definition) is 2. The molecular formula is C21H24Cl2N2O2. The molecule has 0 radical (unpaired) electrons. The van der Waals surface area contributed by atoms with Crippen molar-refractivity contribution in [3.8, 4) is 0 Å². The van der Waals surface area contributed by atoms with Crippen LogP contribution in [0.1, 0.15) is 37.0 Å². The highest BCUT2D eigenvalue weighted by Gasteiger charge is 2.34. The summed E-state index contributed by atoms with van der Waals surface area (Å²) in [6, 6.07) is 15.2. The third-order valence-electron chi connectivity index (χ3n) is 4.63. The molecule has 2 aromatic rings. The van der Waals surface area contributed by atoms with Crippen molar-refractivity contribution in [1.82, 2.24) is 10.2 Å². The van der Waals surface area contributed by atoms with Crippen LogP contribution in [0.25, 0.3) is 0 Å². The summed E-state index contributed by atoms with van der Waals surface area (Å²) in [7, 11) is 0. The van der Waals surface area contributed by atoms with Crippen LogP contribution < -0.4 is 5.32 Å². The number of nitrogens with zero attached hydrogens (tertiary/aromatic N) is 1. The standard InChI is InChI=1S/C21H24Cl2N2O2/c1-2-3-12-24-21(26)25-13-17(14-25)27-20(15-8-10-16(22)11-9-15)18-6-4-5-7-19(18)23/h4-11,17,20H,2-3,12-14H2,1H3,(H,24,26). The van der Waals surface area contributed by atoms with Gasteiger partial charge in [0.05, 0.1) is 19.2 Å². The minimum atomic E-state index is -0.300. The lowest BCUT2D eigenvalue weighted by Crippen LogP contribution is -2.58. The van der Waals surface area contributed by atoms with Crippen LogP contribution >= 0.6 is 23.2 Å². The van der Waals surface area contributed by atoms with Gasteiger partial charge in [0.2, 0.25) is 0 Å². The molecule has 1 atom stereocenters. The van der Waals surface area contributed by atoms with Gasteiger partial charge in [0.1, 0.15) is 6.10 Å². The van der Waals surface area contributed by atoms with Gasteiger partial charge in [0.25, 0.3) is 0 Å². The van der Waals surface area contributed by atoms with Crippen molar-refractivity contribution in [2.45, 2.75) is 32.0 Å². The summed E-state index contributed by atoms with van der Waals surface area (Å²) in [6.45, 7) is 3.97. The lowest BCUT2D eigenvalue weighted by atomic mass is 10.0. The third kappa shape index (κ3) is 5.16. The molecule has 1 unspecified atom stereocenters. The molecule has 0 saturated carbocycles. The van der Waals surface area contributed by atoms with Gasteiger partial charge >= 0.3 is 6.03 Å². The van der Waals surface area contributed by atoms with E-state index in [-0.39, 0.29) is 18.2 Å². The van der Waals surface area contributed by atoms with Gasteiger partial charge in [-0.15, -0.1) is 0 Å². The zero-order valence-electron chi connectivity index (χ0n) is 15.3. The van der Waals surface area contributed by atoms with Gasteiger partial charge < -0.3 is 15.0 Å². The molecule has 1 saturated heterocycles. The maximum atomic E-state index is 12.1. The number of carbonyl (C=O) groups excluding carboxylic acids is 1. The van der Waals surface area contributed by atoms with Gasteiger partial charge in [-0.05, 0) is 30.2 Å². The summed E-state index contributed by atoms with van der Waals surface area (Å²) < 4.78 is 6.34. The van der Waals surface area contributed by atoms with E-state index in [1.54, 1.807) is 4.90 Å². The average molecular weight is 407 g/mol. The van der Waals surface area contributed by atoms with Gasteiger partial charge in [-0.2, -0.15) is 0 Å². The molecule has 144 valence electrons. The first kappa shape index (κ1) is 20.0. The molecule has 1 aliphatic heterocycles. The number of nitrogens with one attached hydrogen (secondary N) is 1. The van der Waals surface area contributed by atoms with E-state index in [2.05, 4.69) is 12.2 Å². The third-order valence-corrected chi connectivity index (χ3v) is 5.23. The Morgan fingerprint density at radius 1 is 1.19 bits per heavy atom. The molecule has 0 bridgehead atoms. The Hall–Kier alpha value is -1.75. The summed E-state index contributed by atoms with van der Waals surface area (Å²) in [5.41, 5.74) is 1.89. The Labute approximate surface area is 170 Å². The fourth-order valence-electron chi connectivity index (χ4n) is 3.02. The SMILES string of the molecule is CCCCNC(=O)N1CC(OC(c2ccc(Cl)cc2)c2ccccc2Cl)C1. The van der Waals surface area contributed by atoms with Crippen molar-refractivity contribution < 1.29 is 9.53 Å². The number of urea groups is 1. The van der Waals surface area contributed by atoms with Crippen LogP contribution in [-0.4, -0.2) is 36.7 Å². The molecule has 27 heavy (non-hydrogen) atoms. The molecule has 0 spiro atoms. The highest BCUT2D eigenvalue weighted by molar-refractivity contribution is 6.31. The molecule has 0 aliphatic carbocycles. The van der Waals surface area contributed by atoms with Crippen LogP contribution in [0.5, 0.6) is 0 Å². The predicted molar refractivity (Wildman–Crippen MR) is 109 cm³/mol. The van der Waals surface area contributed by atoms with E-state index in [0.29, 0.717) is 29.7 Å². The van der Waals surface area contributed by atoms with E-state index in [9.17, 15) is 4.79 Å². The molecule has 4 nitrogen and oxygen atoms in total. The molecule has 1 aliphatic rings. The number of rotatable bonds is 7. The number of hydrogen-bond donors (Lipinski definition) is 1. The lowest BCUT2D eigenvalue weighted by molar-refractivity contribution is -0.0645. The Balaban J connectivity index is 1.66. The molecule has 1 heterocycles. The van der Waals surface area contributed by atoms with Crippen molar-refractivity contribution in [2.24, 2.45) is 0 Å². The smallest absolute Gasteiger partial charge is 0.317 e. The van der Waals surface area contributed by atoms with Crippen LogP contribution in [0.3, 0.4) is 0 Å². The second-order valence-corrected chi connectivity index (χ2v) is 7.55. The fraction of sp³-hybridized carbons (Fsp3) is 0.381. The van der Waals surface area contributed by atoms with E-state index in [1.807, 2.05) is 48.5 Å². The number of likely N-dealkylation sites (tertiary alicyclic amines) is 1. The van der Waals surface area contributed by atoms with E-state index in [1.165, 1.54) is 0 Å². The first-order chi connectivity index (χ1) is 13.1. The van der Waals surface area contributed by atoms with Crippen LogP contribution in [0.15, 0.2) is 48.5 Å². The minimum Gasteiger partial charge on any atom is -0.362 e. The first-order valence-corrected chi connectivity index (χ1v) is 10.0. The van der Waals surface area contributed by atoms with Crippen LogP contribution in [0.4, 0.5) is 4.79 Å². The van der Waals surface area contributed by atoms with Crippen molar-refractivity contribution >= 4 is 29.2 Å². The van der Waals surface area contributed by atoms with Crippen molar-refractivity contribution in [3.05, 3.63) is 69.7 Å². The maximum Gasteiger partial charge on any atom is 0.317 e. The largest absolute Gasteiger partial charge is 0.362 e. The predicted octanol–water partition coefficient (Wildman–Crippen LogP) is 5.29. The number of ether oxygens (including phenoxy) is 1. The second-order valence-electron chi connectivity index (χ2n) is 6.70. The van der Waals surface area contributed by atoms with Gasteiger partial charge in [0, 0.05) is 22.2 Å². The molecule has 0 aromatic heterocycles. The molecule has 6 heteroatoms. The average Bonchev–Trinajstić information content (AvgIpc) is 2.63. The number of amides is 2. The Kier molecular flexibility index (Phi) is 7.00. The maximum absolute atomic E-state index is 12.1. The van der Waals surface area contributed by atoms with E-state index < -0.39 is 0 Å². The highest BCUT2D eigenvalue weighted by atomic mass is 35.5. The normalized spacial score (nSPS) is 15.3. The highest BCUT2D eigenvalue weighted by Crippen LogP contribution is 2.34. The van der Waals surface area contributed by atoms with Crippen molar-refractivity contribution in [3.63, 3.8) is 0 Å².